The molecular weight excluding hydrogens is 246 g/mol. The summed E-state index contributed by atoms with van der Waals surface area (Å²) in [5, 5.41) is 7.10. The van der Waals surface area contributed by atoms with Gasteiger partial charge in [-0.25, -0.2) is 0 Å². The zero-order valence-electron chi connectivity index (χ0n) is 12.1. The van der Waals surface area contributed by atoms with Gasteiger partial charge < -0.3 is 20.7 Å². The Labute approximate surface area is 113 Å². The average Bonchev–Trinajstić information content (AvgIpc) is 2.64. The number of hydrogen-bond donors (Lipinski definition) is 2. The molecule has 0 saturated carbocycles. The summed E-state index contributed by atoms with van der Waals surface area (Å²) in [5.74, 6) is 0.692. The summed E-state index contributed by atoms with van der Waals surface area (Å²) in [5.41, 5.74) is 7.52. The normalized spacial score (nSPS) is 10.5. The maximum Gasteiger partial charge on any atom is 0.239 e. The summed E-state index contributed by atoms with van der Waals surface area (Å²) < 4.78 is 6.58. The van der Waals surface area contributed by atoms with Crippen molar-refractivity contribution in [3.63, 3.8) is 0 Å². The first-order chi connectivity index (χ1) is 9.01. The van der Waals surface area contributed by atoms with E-state index in [0.717, 1.165) is 17.9 Å². The van der Waals surface area contributed by atoms with Crippen molar-refractivity contribution in [3.05, 3.63) is 5.69 Å². The second-order valence-electron chi connectivity index (χ2n) is 4.36. The predicted molar refractivity (Wildman–Crippen MR) is 75.2 cm³/mol. The topological polar surface area (TPSA) is 85.4 Å². The molecule has 108 valence electrons. The van der Waals surface area contributed by atoms with E-state index in [9.17, 15) is 4.79 Å². The minimum atomic E-state index is -0.0711. The minimum Gasteiger partial charge on any atom is -0.394 e. The Morgan fingerprint density at radius 2 is 2.26 bits per heavy atom. The molecule has 0 aromatic carbocycles. The highest BCUT2D eigenvalue weighted by Gasteiger charge is 2.17. The molecule has 0 aliphatic carbocycles. The van der Waals surface area contributed by atoms with Crippen LogP contribution < -0.4 is 16.0 Å². The molecule has 0 radical (unpaired) electrons. The van der Waals surface area contributed by atoms with Crippen molar-refractivity contribution in [2.24, 2.45) is 7.05 Å². The van der Waals surface area contributed by atoms with Gasteiger partial charge in [-0.2, -0.15) is 5.10 Å². The van der Waals surface area contributed by atoms with Gasteiger partial charge in [0.15, 0.2) is 5.82 Å². The third kappa shape index (κ3) is 3.85. The number of aromatic nitrogens is 2. The molecule has 7 nitrogen and oxygen atoms in total. The smallest absolute Gasteiger partial charge is 0.239 e. The van der Waals surface area contributed by atoms with Crippen LogP contribution in [0.4, 0.5) is 11.5 Å². The van der Waals surface area contributed by atoms with Crippen molar-refractivity contribution in [1.29, 1.82) is 0 Å². The van der Waals surface area contributed by atoms with Gasteiger partial charge in [-0.05, 0) is 6.42 Å². The minimum absolute atomic E-state index is 0.0711. The molecule has 1 amide bonds. The molecule has 0 bridgehead atoms. The molecule has 0 aliphatic rings. The number of rotatable bonds is 7. The molecular formula is C12H23N5O2. The van der Waals surface area contributed by atoms with E-state index in [1.165, 1.54) is 0 Å². The van der Waals surface area contributed by atoms with Crippen LogP contribution in [0.25, 0.3) is 0 Å². The number of anilines is 2. The maximum atomic E-state index is 11.7. The Morgan fingerprint density at radius 3 is 2.79 bits per heavy atom. The van der Waals surface area contributed by atoms with Gasteiger partial charge >= 0.3 is 0 Å². The fourth-order valence-corrected chi connectivity index (χ4v) is 1.94. The third-order valence-corrected chi connectivity index (χ3v) is 2.83. The van der Waals surface area contributed by atoms with Crippen LogP contribution in [0.1, 0.15) is 12.6 Å². The van der Waals surface area contributed by atoms with Crippen molar-refractivity contribution in [1.82, 2.24) is 15.1 Å². The fourth-order valence-electron chi connectivity index (χ4n) is 1.94. The molecule has 0 spiro atoms. The van der Waals surface area contributed by atoms with Crippen molar-refractivity contribution in [3.8, 4) is 0 Å². The van der Waals surface area contributed by atoms with Gasteiger partial charge in [-0.1, -0.05) is 6.92 Å². The molecule has 7 heteroatoms. The van der Waals surface area contributed by atoms with Gasteiger partial charge in [-0.3, -0.25) is 9.48 Å². The maximum absolute atomic E-state index is 11.7. The van der Waals surface area contributed by atoms with E-state index in [4.69, 9.17) is 10.5 Å². The van der Waals surface area contributed by atoms with Crippen LogP contribution in [-0.4, -0.2) is 49.5 Å². The van der Waals surface area contributed by atoms with Crippen LogP contribution in [0.2, 0.25) is 0 Å². The molecule has 19 heavy (non-hydrogen) atoms. The van der Waals surface area contributed by atoms with Crippen LogP contribution in [0.15, 0.2) is 0 Å². The highest BCUT2D eigenvalue weighted by Crippen LogP contribution is 2.25. The third-order valence-electron chi connectivity index (χ3n) is 2.83. The molecule has 0 atom stereocenters. The zero-order chi connectivity index (χ0) is 14.4. The predicted octanol–water partition coefficient (Wildman–Crippen LogP) is -0.236. The number of amides is 1. The van der Waals surface area contributed by atoms with Crippen molar-refractivity contribution in [2.75, 3.05) is 44.5 Å². The molecule has 3 N–H and O–H groups in total. The number of nitrogen functional groups attached to an aromatic ring is 1. The van der Waals surface area contributed by atoms with E-state index < -0.39 is 0 Å². The van der Waals surface area contributed by atoms with Gasteiger partial charge in [0.1, 0.15) is 0 Å². The summed E-state index contributed by atoms with van der Waals surface area (Å²) in [4.78, 5) is 13.5. The highest BCUT2D eigenvalue weighted by atomic mass is 16.5. The Balaban J connectivity index is 2.65. The first-order valence-corrected chi connectivity index (χ1v) is 6.29. The standard InChI is InChI=1S/C12H23N5O2/c1-5-9-11(13)12(17(3)15-9)16(2)8-10(18)14-6-7-19-4/h5-8,13H2,1-4H3,(H,14,18). The number of nitrogens with one attached hydrogen (secondary N) is 1. The molecule has 0 unspecified atom stereocenters. The van der Waals surface area contributed by atoms with E-state index in [-0.39, 0.29) is 12.5 Å². The number of aryl methyl sites for hydroxylation is 2. The number of hydrogen-bond acceptors (Lipinski definition) is 5. The number of nitrogens with two attached hydrogens (primary N) is 1. The lowest BCUT2D eigenvalue weighted by Crippen LogP contribution is -2.37. The van der Waals surface area contributed by atoms with Crippen LogP contribution in [0, 0.1) is 0 Å². The van der Waals surface area contributed by atoms with Gasteiger partial charge in [0.05, 0.1) is 24.5 Å². The summed E-state index contributed by atoms with van der Waals surface area (Å²) >= 11 is 0. The number of ether oxygens (including phenoxy) is 1. The van der Waals surface area contributed by atoms with Crippen LogP contribution >= 0.6 is 0 Å². The number of methoxy groups -OCH3 is 1. The molecule has 0 fully saturated rings. The second kappa shape index (κ2) is 6.98. The van der Waals surface area contributed by atoms with E-state index >= 15 is 0 Å². The zero-order valence-corrected chi connectivity index (χ0v) is 12.1. The van der Waals surface area contributed by atoms with Gasteiger partial charge in [-0.15, -0.1) is 0 Å². The summed E-state index contributed by atoms with van der Waals surface area (Å²) in [7, 11) is 5.24. The Kier molecular flexibility index (Phi) is 5.62. The van der Waals surface area contributed by atoms with Crippen LogP contribution in [-0.2, 0) is 23.0 Å². The number of carbonyl (C=O) groups is 1. The van der Waals surface area contributed by atoms with Crippen LogP contribution in [0.5, 0.6) is 0 Å². The quantitative estimate of drug-likeness (QED) is 0.668. The fraction of sp³-hybridized carbons (Fsp3) is 0.667. The summed E-state index contributed by atoms with van der Waals surface area (Å²) in [6.07, 6.45) is 0.771. The summed E-state index contributed by atoms with van der Waals surface area (Å²) in [6, 6.07) is 0. The highest BCUT2D eigenvalue weighted by molar-refractivity contribution is 5.82. The lowest BCUT2D eigenvalue weighted by atomic mass is 10.3. The monoisotopic (exact) mass is 269 g/mol. The molecule has 1 aromatic rings. The van der Waals surface area contributed by atoms with Crippen molar-refractivity contribution >= 4 is 17.4 Å². The molecule has 0 aliphatic heterocycles. The van der Waals surface area contributed by atoms with Crippen LogP contribution in [0.3, 0.4) is 0 Å². The van der Waals surface area contributed by atoms with Crippen molar-refractivity contribution < 1.29 is 9.53 Å². The summed E-state index contributed by atoms with van der Waals surface area (Å²) in [6.45, 7) is 3.24. The Bertz CT molecular complexity index is 430. The second-order valence-corrected chi connectivity index (χ2v) is 4.36. The molecule has 1 rings (SSSR count). The SMILES string of the molecule is CCc1nn(C)c(N(C)CC(=O)NCCOC)c1N. The van der Waals surface area contributed by atoms with Crippen molar-refractivity contribution in [2.45, 2.75) is 13.3 Å². The first kappa shape index (κ1) is 15.3. The largest absolute Gasteiger partial charge is 0.394 e. The Morgan fingerprint density at radius 1 is 1.58 bits per heavy atom. The van der Waals surface area contributed by atoms with Gasteiger partial charge in [0.2, 0.25) is 5.91 Å². The first-order valence-electron chi connectivity index (χ1n) is 6.29. The molecule has 1 heterocycles. The molecule has 0 saturated heterocycles. The van der Waals surface area contributed by atoms with E-state index in [1.807, 2.05) is 21.0 Å². The number of likely N-dealkylation sites (N-methyl/N-ethyl adjacent to an activating group) is 1. The Hall–Kier alpha value is -1.76. The number of nitrogens with zero attached hydrogens (tertiary/aromatic N) is 3. The van der Waals surface area contributed by atoms with E-state index in [0.29, 0.717) is 18.8 Å². The van der Waals surface area contributed by atoms with E-state index in [1.54, 1.807) is 16.7 Å². The van der Waals surface area contributed by atoms with E-state index in [2.05, 4.69) is 10.4 Å². The average molecular weight is 269 g/mol. The van der Waals surface area contributed by atoms with Gasteiger partial charge in [0.25, 0.3) is 0 Å². The van der Waals surface area contributed by atoms with Gasteiger partial charge in [0, 0.05) is 27.7 Å². The molecule has 1 aromatic heterocycles. The number of carbonyl (C=O) groups excluding carboxylic acids is 1. The lowest BCUT2D eigenvalue weighted by molar-refractivity contribution is -0.119. The lowest BCUT2D eigenvalue weighted by Gasteiger charge is -2.19.